The second kappa shape index (κ2) is 5.94. The van der Waals surface area contributed by atoms with Gasteiger partial charge < -0.3 is 14.2 Å². The van der Waals surface area contributed by atoms with Gasteiger partial charge in [0, 0.05) is 43.9 Å². The molecule has 1 aromatic heterocycles. The number of carbonyl (C=O) groups excluding carboxylic acids is 1. The van der Waals surface area contributed by atoms with E-state index in [1.54, 1.807) is 0 Å². The van der Waals surface area contributed by atoms with E-state index in [0.717, 1.165) is 37.9 Å². The van der Waals surface area contributed by atoms with Crippen LogP contribution in [-0.2, 0) is 20.6 Å². The van der Waals surface area contributed by atoms with Crippen LogP contribution in [-0.4, -0.2) is 52.0 Å². The van der Waals surface area contributed by atoms with E-state index in [2.05, 4.69) is 5.10 Å². The number of likely N-dealkylation sites (tertiary alicyclic amines) is 1. The molecule has 126 valence electrons. The first kappa shape index (κ1) is 16.5. The molecule has 2 saturated heterocycles. The molecule has 0 atom stereocenters. The minimum Gasteiger partial charge on any atom is -0.399 e. The number of hydrogen-bond acceptors (Lipinski definition) is 4. The lowest BCUT2D eigenvalue weighted by atomic mass is 9.82. The lowest BCUT2D eigenvalue weighted by Gasteiger charge is -2.32. The molecular formula is C16H26BN3O3. The molecule has 7 heteroatoms. The summed E-state index contributed by atoms with van der Waals surface area (Å²) in [6.45, 7) is 10.7. The molecule has 6 nitrogen and oxygen atoms in total. The lowest BCUT2D eigenvalue weighted by Crippen LogP contribution is -2.41. The lowest BCUT2D eigenvalue weighted by molar-refractivity contribution is -0.127. The molecule has 2 aliphatic heterocycles. The molecule has 0 N–H and O–H groups in total. The summed E-state index contributed by atoms with van der Waals surface area (Å²) in [5.74, 6) is 0.281. The van der Waals surface area contributed by atoms with Crippen molar-refractivity contribution in [3.8, 4) is 0 Å². The Hall–Kier alpha value is -1.34. The summed E-state index contributed by atoms with van der Waals surface area (Å²) in [7, 11) is -0.367. The smallest absolute Gasteiger partial charge is 0.399 e. The minimum atomic E-state index is -0.367. The number of aromatic nitrogens is 2. The highest BCUT2D eigenvalue weighted by Crippen LogP contribution is 2.36. The maximum absolute atomic E-state index is 11.6. The molecule has 1 aromatic rings. The van der Waals surface area contributed by atoms with Crippen molar-refractivity contribution < 1.29 is 14.1 Å². The van der Waals surface area contributed by atoms with Gasteiger partial charge in [0.1, 0.15) is 0 Å². The maximum Gasteiger partial charge on any atom is 0.498 e. The van der Waals surface area contributed by atoms with Gasteiger partial charge in [0.25, 0.3) is 0 Å². The van der Waals surface area contributed by atoms with Crippen molar-refractivity contribution in [2.45, 2.75) is 64.7 Å². The van der Waals surface area contributed by atoms with Gasteiger partial charge in [-0.2, -0.15) is 5.10 Å². The third-order valence-electron chi connectivity index (χ3n) is 5.17. The highest BCUT2D eigenvalue weighted by atomic mass is 16.7. The van der Waals surface area contributed by atoms with Crippen LogP contribution < -0.4 is 5.46 Å². The minimum absolute atomic E-state index is 0.281. The monoisotopic (exact) mass is 319 g/mol. The second-order valence-corrected chi connectivity index (χ2v) is 7.46. The molecule has 0 radical (unpaired) electrons. The Balaban J connectivity index is 1.53. The molecule has 3 rings (SSSR count). The number of amides is 1. The van der Waals surface area contributed by atoms with E-state index in [-0.39, 0.29) is 24.2 Å². The summed E-state index contributed by atoms with van der Waals surface area (Å²) in [5, 5.41) is 4.39. The van der Waals surface area contributed by atoms with Crippen molar-refractivity contribution >= 4 is 18.5 Å². The Morgan fingerprint density at radius 2 is 1.91 bits per heavy atom. The zero-order valence-corrected chi connectivity index (χ0v) is 14.5. The van der Waals surface area contributed by atoms with Gasteiger partial charge in [-0.15, -0.1) is 0 Å². The van der Waals surface area contributed by atoms with Gasteiger partial charge >= 0.3 is 7.12 Å². The fourth-order valence-corrected chi connectivity index (χ4v) is 2.97. The molecule has 0 aliphatic carbocycles. The highest BCUT2D eigenvalue weighted by Gasteiger charge is 2.52. The standard InChI is InChI=1S/C16H26BN3O3/c1-15(2)16(3,4)23-17(22-15)13-11-18-20(12-13)10-6-9-19-8-5-7-14(19)21/h11-12H,5-10H2,1-4H3. The van der Waals surface area contributed by atoms with Crippen LogP contribution in [0.2, 0.25) is 0 Å². The van der Waals surface area contributed by atoms with E-state index in [1.165, 1.54) is 0 Å². The summed E-state index contributed by atoms with van der Waals surface area (Å²) in [5.41, 5.74) is 0.270. The zero-order valence-electron chi connectivity index (χ0n) is 14.5. The molecule has 23 heavy (non-hydrogen) atoms. The molecule has 3 heterocycles. The third-order valence-corrected chi connectivity index (χ3v) is 5.17. The Kier molecular flexibility index (Phi) is 4.27. The molecule has 0 saturated carbocycles. The third kappa shape index (κ3) is 3.31. The van der Waals surface area contributed by atoms with E-state index in [4.69, 9.17) is 9.31 Å². The van der Waals surface area contributed by atoms with Gasteiger partial charge in [0.15, 0.2) is 0 Å². The number of hydrogen-bond donors (Lipinski definition) is 0. The molecule has 2 aliphatic rings. The largest absolute Gasteiger partial charge is 0.498 e. The first-order valence-corrected chi connectivity index (χ1v) is 8.44. The van der Waals surface area contributed by atoms with Gasteiger partial charge in [-0.05, 0) is 40.5 Å². The summed E-state index contributed by atoms with van der Waals surface area (Å²) in [6.07, 6.45) is 6.40. The average Bonchev–Trinajstić information content (AvgIpc) is 3.11. The Morgan fingerprint density at radius 1 is 1.22 bits per heavy atom. The van der Waals surface area contributed by atoms with Crippen molar-refractivity contribution in [3.63, 3.8) is 0 Å². The van der Waals surface area contributed by atoms with Crippen LogP contribution in [0.3, 0.4) is 0 Å². The normalized spacial score (nSPS) is 23.0. The summed E-state index contributed by atoms with van der Waals surface area (Å²) in [6, 6.07) is 0. The number of rotatable bonds is 5. The van der Waals surface area contributed by atoms with Crippen molar-refractivity contribution in [1.29, 1.82) is 0 Å². The van der Waals surface area contributed by atoms with Gasteiger partial charge in [0.05, 0.1) is 11.2 Å². The van der Waals surface area contributed by atoms with Gasteiger partial charge in [-0.25, -0.2) is 0 Å². The van der Waals surface area contributed by atoms with Crippen LogP contribution >= 0.6 is 0 Å². The van der Waals surface area contributed by atoms with Gasteiger partial charge in [-0.3, -0.25) is 9.48 Å². The predicted molar refractivity (Wildman–Crippen MR) is 88.4 cm³/mol. The maximum atomic E-state index is 11.6. The summed E-state index contributed by atoms with van der Waals surface area (Å²) >= 11 is 0. The molecule has 2 fully saturated rings. The quantitative estimate of drug-likeness (QED) is 0.765. The Labute approximate surface area is 138 Å². The van der Waals surface area contributed by atoms with Crippen LogP contribution in [0.15, 0.2) is 12.4 Å². The Morgan fingerprint density at radius 3 is 2.52 bits per heavy atom. The van der Waals surface area contributed by atoms with Crippen LogP contribution in [0.5, 0.6) is 0 Å². The van der Waals surface area contributed by atoms with Crippen LogP contribution in [0.25, 0.3) is 0 Å². The molecular weight excluding hydrogens is 293 g/mol. The van der Waals surface area contributed by atoms with E-state index < -0.39 is 0 Å². The second-order valence-electron chi connectivity index (χ2n) is 7.46. The van der Waals surface area contributed by atoms with Crippen LogP contribution in [0.1, 0.15) is 47.0 Å². The topological polar surface area (TPSA) is 56.6 Å². The molecule has 0 bridgehead atoms. The SMILES string of the molecule is CC1(C)OB(c2cnn(CCCN3CCCC3=O)c2)OC1(C)C. The van der Waals surface area contributed by atoms with Gasteiger partial charge in [0.2, 0.25) is 5.91 Å². The molecule has 1 amide bonds. The predicted octanol–water partition coefficient (Wildman–Crippen LogP) is 1.19. The van der Waals surface area contributed by atoms with Crippen LogP contribution in [0.4, 0.5) is 0 Å². The number of nitrogens with zero attached hydrogens (tertiary/aromatic N) is 3. The summed E-state index contributed by atoms with van der Waals surface area (Å²) < 4.78 is 14.0. The fraction of sp³-hybridized carbons (Fsp3) is 0.750. The first-order valence-electron chi connectivity index (χ1n) is 8.44. The molecule has 0 aromatic carbocycles. The molecule has 0 unspecified atom stereocenters. The van der Waals surface area contributed by atoms with Crippen molar-refractivity contribution in [2.75, 3.05) is 13.1 Å². The summed E-state index contributed by atoms with van der Waals surface area (Å²) in [4.78, 5) is 13.5. The highest BCUT2D eigenvalue weighted by molar-refractivity contribution is 6.61. The zero-order chi connectivity index (χ0) is 16.7. The van der Waals surface area contributed by atoms with Crippen LogP contribution in [0, 0.1) is 0 Å². The number of aryl methyl sites for hydroxylation is 1. The van der Waals surface area contributed by atoms with Gasteiger partial charge in [-0.1, -0.05) is 0 Å². The van der Waals surface area contributed by atoms with E-state index >= 15 is 0 Å². The van der Waals surface area contributed by atoms with E-state index in [0.29, 0.717) is 6.42 Å². The number of carbonyl (C=O) groups is 1. The average molecular weight is 319 g/mol. The van der Waals surface area contributed by atoms with Crippen molar-refractivity contribution in [1.82, 2.24) is 14.7 Å². The molecule has 0 spiro atoms. The van der Waals surface area contributed by atoms with Crippen molar-refractivity contribution in [3.05, 3.63) is 12.4 Å². The Bertz CT molecular complexity index is 569. The fourth-order valence-electron chi connectivity index (χ4n) is 2.97. The van der Waals surface area contributed by atoms with Crippen molar-refractivity contribution in [2.24, 2.45) is 0 Å². The van der Waals surface area contributed by atoms with E-state index in [9.17, 15) is 4.79 Å². The van der Waals surface area contributed by atoms with E-state index in [1.807, 2.05) is 49.7 Å². The first-order chi connectivity index (χ1) is 10.8.